The predicted molar refractivity (Wildman–Crippen MR) is 88.1 cm³/mol. The first-order valence-electron chi connectivity index (χ1n) is 6.44. The van der Waals surface area contributed by atoms with Crippen LogP contribution in [0.15, 0.2) is 58.7 Å². The number of amidine groups is 1. The number of nitrogens with two attached hydrogens (primary N) is 1. The second kappa shape index (κ2) is 7.59. The highest BCUT2D eigenvalue weighted by molar-refractivity contribution is 8.13. The first-order valence-corrected chi connectivity index (χ1v) is 7.43. The van der Waals surface area contributed by atoms with Crippen molar-refractivity contribution in [2.24, 2.45) is 15.9 Å². The summed E-state index contributed by atoms with van der Waals surface area (Å²) < 4.78 is 13.1. The number of hydrogen-bond donors (Lipinski definition) is 1. The summed E-state index contributed by atoms with van der Waals surface area (Å²) in [6.45, 7) is 1.71. The maximum Gasteiger partial charge on any atom is 0.180 e. The molecular formula is C16H16FN3S. The lowest BCUT2D eigenvalue weighted by atomic mass is 10.1. The van der Waals surface area contributed by atoms with Crippen molar-refractivity contribution < 1.29 is 4.39 Å². The molecule has 0 radical (unpaired) electrons. The van der Waals surface area contributed by atoms with Crippen molar-refractivity contribution in [3.63, 3.8) is 0 Å². The van der Waals surface area contributed by atoms with Gasteiger partial charge in [0.05, 0.1) is 6.21 Å². The van der Waals surface area contributed by atoms with Crippen molar-refractivity contribution >= 4 is 23.1 Å². The van der Waals surface area contributed by atoms with Gasteiger partial charge in [0.25, 0.3) is 0 Å². The standard InChI is InChI=1S/C16H16FN3S/c1-12-9-14(7-8-15(12)17)10-19-20-16(18)21-11-13-5-3-2-4-6-13/h2-10H,11H2,1H3,(H2,18,20). The Morgan fingerprint density at radius 2 is 2.00 bits per heavy atom. The molecular weight excluding hydrogens is 285 g/mol. The third-order valence-electron chi connectivity index (χ3n) is 2.77. The zero-order valence-electron chi connectivity index (χ0n) is 11.7. The average molecular weight is 301 g/mol. The maximum atomic E-state index is 13.1. The fourth-order valence-electron chi connectivity index (χ4n) is 1.66. The summed E-state index contributed by atoms with van der Waals surface area (Å²) in [5.74, 6) is 0.523. The Balaban J connectivity index is 1.90. The van der Waals surface area contributed by atoms with E-state index < -0.39 is 0 Å². The van der Waals surface area contributed by atoms with Gasteiger partial charge in [-0.15, -0.1) is 5.10 Å². The summed E-state index contributed by atoms with van der Waals surface area (Å²) in [6, 6.07) is 14.8. The molecule has 0 spiro atoms. The van der Waals surface area contributed by atoms with Crippen molar-refractivity contribution in [2.75, 3.05) is 0 Å². The predicted octanol–water partition coefficient (Wildman–Crippen LogP) is 3.72. The minimum absolute atomic E-state index is 0.228. The van der Waals surface area contributed by atoms with Gasteiger partial charge in [0.2, 0.25) is 0 Å². The first-order chi connectivity index (χ1) is 10.1. The fourth-order valence-corrected chi connectivity index (χ4v) is 2.27. The summed E-state index contributed by atoms with van der Waals surface area (Å²) in [7, 11) is 0. The second-order valence-corrected chi connectivity index (χ2v) is 5.46. The smallest absolute Gasteiger partial charge is 0.180 e. The van der Waals surface area contributed by atoms with Crippen LogP contribution < -0.4 is 5.73 Å². The van der Waals surface area contributed by atoms with Gasteiger partial charge in [-0.2, -0.15) is 5.10 Å². The lowest BCUT2D eigenvalue weighted by Crippen LogP contribution is -2.06. The van der Waals surface area contributed by atoms with Gasteiger partial charge >= 0.3 is 0 Å². The number of aryl methyl sites for hydroxylation is 1. The Hall–Kier alpha value is -2.14. The molecule has 0 aromatic heterocycles. The van der Waals surface area contributed by atoms with Crippen LogP contribution in [0.2, 0.25) is 0 Å². The Kier molecular flexibility index (Phi) is 5.51. The van der Waals surface area contributed by atoms with Gasteiger partial charge in [-0.05, 0) is 35.7 Å². The minimum atomic E-state index is -0.228. The number of nitrogens with zero attached hydrogens (tertiary/aromatic N) is 2. The second-order valence-electron chi connectivity index (χ2n) is 4.47. The van der Waals surface area contributed by atoms with E-state index >= 15 is 0 Å². The molecule has 21 heavy (non-hydrogen) atoms. The van der Waals surface area contributed by atoms with Gasteiger partial charge in [0, 0.05) is 5.75 Å². The summed E-state index contributed by atoms with van der Waals surface area (Å²) in [4.78, 5) is 0. The normalized spacial score (nSPS) is 12.0. The van der Waals surface area contributed by atoms with Crippen molar-refractivity contribution in [3.05, 3.63) is 71.0 Å². The molecule has 2 aromatic carbocycles. The quantitative estimate of drug-likeness (QED) is 0.531. The van der Waals surface area contributed by atoms with Crippen LogP contribution >= 0.6 is 11.8 Å². The molecule has 0 aliphatic rings. The molecule has 108 valence electrons. The number of halogens is 1. The van der Waals surface area contributed by atoms with Crippen LogP contribution in [0.5, 0.6) is 0 Å². The van der Waals surface area contributed by atoms with Crippen LogP contribution in [0.3, 0.4) is 0 Å². The van der Waals surface area contributed by atoms with Crippen molar-refractivity contribution in [2.45, 2.75) is 12.7 Å². The Morgan fingerprint density at radius 3 is 2.71 bits per heavy atom. The van der Waals surface area contributed by atoms with E-state index in [2.05, 4.69) is 10.2 Å². The van der Waals surface area contributed by atoms with Gasteiger partial charge in [-0.1, -0.05) is 48.2 Å². The average Bonchev–Trinajstić information content (AvgIpc) is 2.50. The molecule has 0 atom stereocenters. The highest BCUT2D eigenvalue weighted by Crippen LogP contribution is 2.11. The molecule has 2 N–H and O–H groups in total. The number of rotatable bonds is 4. The van der Waals surface area contributed by atoms with Gasteiger partial charge in [0.15, 0.2) is 5.17 Å². The Morgan fingerprint density at radius 1 is 1.24 bits per heavy atom. The van der Waals surface area contributed by atoms with E-state index in [1.165, 1.54) is 23.4 Å². The van der Waals surface area contributed by atoms with Gasteiger partial charge in [0.1, 0.15) is 5.82 Å². The van der Waals surface area contributed by atoms with E-state index in [1.807, 2.05) is 30.3 Å². The highest BCUT2D eigenvalue weighted by atomic mass is 32.2. The number of hydrogen-bond acceptors (Lipinski definition) is 3. The molecule has 0 aliphatic heterocycles. The molecule has 0 aliphatic carbocycles. The molecule has 0 saturated carbocycles. The number of thioether (sulfide) groups is 1. The molecule has 0 fully saturated rings. The molecule has 0 heterocycles. The monoisotopic (exact) mass is 301 g/mol. The third kappa shape index (κ3) is 5.04. The molecule has 0 unspecified atom stereocenters. The van der Waals surface area contributed by atoms with E-state index in [0.717, 1.165) is 11.3 Å². The van der Waals surface area contributed by atoms with Crippen LogP contribution in [-0.2, 0) is 5.75 Å². The molecule has 2 rings (SSSR count). The summed E-state index contributed by atoms with van der Waals surface area (Å²) >= 11 is 1.42. The van der Waals surface area contributed by atoms with Gasteiger partial charge < -0.3 is 5.73 Å². The summed E-state index contributed by atoms with van der Waals surface area (Å²) in [5.41, 5.74) is 8.33. The highest BCUT2D eigenvalue weighted by Gasteiger charge is 1.97. The van der Waals surface area contributed by atoms with E-state index in [4.69, 9.17) is 5.73 Å². The molecule has 0 bridgehead atoms. The van der Waals surface area contributed by atoms with Crippen LogP contribution in [0.25, 0.3) is 0 Å². The molecule has 0 amide bonds. The van der Waals surface area contributed by atoms with Crippen molar-refractivity contribution in [3.8, 4) is 0 Å². The molecule has 0 saturated heterocycles. The molecule has 5 heteroatoms. The van der Waals surface area contributed by atoms with Crippen molar-refractivity contribution in [1.29, 1.82) is 0 Å². The Labute approximate surface area is 127 Å². The third-order valence-corrected chi connectivity index (χ3v) is 3.63. The SMILES string of the molecule is Cc1cc(C=NN=C(N)SCc2ccccc2)ccc1F. The largest absolute Gasteiger partial charge is 0.377 e. The molecule has 3 nitrogen and oxygen atoms in total. The van der Waals surface area contributed by atoms with E-state index in [9.17, 15) is 4.39 Å². The summed E-state index contributed by atoms with van der Waals surface area (Å²) in [5, 5.41) is 8.24. The van der Waals surface area contributed by atoms with Crippen molar-refractivity contribution in [1.82, 2.24) is 0 Å². The number of benzene rings is 2. The van der Waals surface area contributed by atoms with Crippen LogP contribution in [-0.4, -0.2) is 11.4 Å². The zero-order valence-corrected chi connectivity index (χ0v) is 12.5. The lowest BCUT2D eigenvalue weighted by molar-refractivity contribution is 0.618. The van der Waals surface area contributed by atoms with Crippen LogP contribution in [0.4, 0.5) is 4.39 Å². The first kappa shape index (κ1) is 15.3. The van der Waals surface area contributed by atoms with E-state index in [-0.39, 0.29) is 5.82 Å². The van der Waals surface area contributed by atoms with Gasteiger partial charge in [-0.3, -0.25) is 0 Å². The molecule has 2 aromatic rings. The minimum Gasteiger partial charge on any atom is -0.377 e. The lowest BCUT2D eigenvalue weighted by Gasteiger charge is -1.99. The van der Waals surface area contributed by atoms with Crippen LogP contribution in [0.1, 0.15) is 16.7 Å². The van der Waals surface area contributed by atoms with Crippen LogP contribution in [0, 0.1) is 12.7 Å². The topological polar surface area (TPSA) is 50.7 Å². The summed E-state index contributed by atoms with van der Waals surface area (Å²) in [6.07, 6.45) is 1.56. The van der Waals surface area contributed by atoms with E-state index in [1.54, 1.807) is 25.3 Å². The maximum absolute atomic E-state index is 13.1. The Bertz CT molecular complexity index is 654. The van der Waals surface area contributed by atoms with E-state index in [0.29, 0.717) is 10.7 Å². The van der Waals surface area contributed by atoms with Gasteiger partial charge in [-0.25, -0.2) is 4.39 Å². The zero-order chi connectivity index (χ0) is 15.1. The fraction of sp³-hybridized carbons (Fsp3) is 0.125.